The van der Waals surface area contributed by atoms with Gasteiger partial charge < -0.3 is 10.0 Å². The third kappa shape index (κ3) is 2.66. The number of halogens is 1. The maximum absolute atomic E-state index is 14.1. The smallest absolute Gasteiger partial charge is 0.131 e. The zero-order chi connectivity index (χ0) is 14.8. The molecule has 0 aromatic heterocycles. The summed E-state index contributed by atoms with van der Waals surface area (Å²) < 4.78 is 14.1. The molecule has 0 saturated carbocycles. The number of hydrogen-bond donors (Lipinski definition) is 1. The number of aryl methyl sites for hydroxylation is 1. The predicted molar refractivity (Wildman–Crippen MR) is 83.4 cm³/mol. The summed E-state index contributed by atoms with van der Waals surface area (Å²) in [5.74, 6) is -0.343. The van der Waals surface area contributed by atoms with E-state index in [2.05, 4.69) is 17.0 Å². The van der Waals surface area contributed by atoms with E-state index in [0.29, 0.717) is 5.56 Å². The molecular formula is C18H20FNO. The Labute approximate surface area is 124 Å². The standard InChI is InChI=1S/C18H20FNO/c1-13(21)18-15(19)9-6-11-17(18)20-12-5-4-8-14-7-2-3-10-16(14)20/h2-3,6-7,9-11,13,21H,4-5,8,12H2,1H3. The van der Waals surface area contributed by atoms with Gasteiger partial charge >= 0.3 is 0 Å². The van der Waals surface area contributed by atoms with E-state index < -0.39 is 6.10 Å². The molecule has 0 bridgehead atoms. The number of anilines is 2. The van der Waals surface area contributed by atoms with E-state index in [1.165, 1.54) is 11.6 Å². The second kappa shape index (κ2) is 5.86. The van der Waals surface area contributed by atoms with Crippen LogP contribution in [0.5, 0.6) is 0 Å². The summed E-state index contributed by atoms with van der Waals surface area (Å²) in [5, 5.41) is 9.97. The predicted octanol–water partition coefficient (Wildman–Crippen LogP) is 4.35. The maximum Gasteiger partial charge on any atom is 0.131 e. The third-order valence-corrected chi connectivity index (χ3v) is 4.10. The highest BCUT2D eigenvalue weighted by atomic mass is 19.1. The van der Waals surface area contributed by atoms with Crippen LogP contribution in [0.4, 0.5) is 15.8 Å². The number of aliphatic hydroxyl groups excluding tert-OH is 1. The zero-order valence-corrected chi connectivity index (χ0v) is 12.2. The van der Waals surface area contributed by atoms with Crippen molar-refractivity contribution in [2.45, 2.75) is 32.3 Å². The molecule has 1 N–H and O–H groups in total. The van der Waals surface area contributed by atoms with Crippen molar-refractivity contribution >= 4 is 11.4 Å². The summed E-state index contributed by atoms with van der Waals surface area (Å²) in [6.07, 6.45) is 2.42. The first-order valence-corrected chi connectivity index (χ1v) is 7.50. The molecule has 110 valence electrons. The molecule has 2 aromatic rings. The van der Waals surface area contributed by atoms with E-state index in [9.17, 15) is 9.50 Å². The van der Waals surface area contributed by atoms with E-state index in [4.69, 9.17) is 0 Å². The zero-order valence-electron chi connectivity index (χ0n) is 12.2. The van der Waals surface area contributed by atoms with Gasteiger partial charge in [0.05, 0.1) is 6.10 Å². The van der Waals surface area contributed by atoms with Crippen molar-refractivity contribution in [3.8, 4) is 0 Å². The lowest BCUT2D eigenvalue weighted by Gasteiger charge is -2.28. The Kier molecular flexibility index (Phi) is 3.93. The summed E-state index contributed by atoms with van der Waals surface area (Å²) in [6.45, 7) is 2.46. The fraction of sp³-hybridized carbons (Fsp3) is 0.333. The molecule has 3 heteroatoms. The first-order valence-electron chi connectivity index (χ1n) is 7.50. The molecule has 0 spiro atoms. The summed E-state index contributed by atoms with van der Waals surface area (Å²) in [7, 11) is 0. The minimum Gasteiger partial charge on any atom is -0.389 e. The number of benzene rings is 2. The summed E-state index contributed by atoms with van der Waals surface area (Å²) >= 11 is 0. The molecule has 1 aliphatic heterocycles. The Morgan fingerprint density at radius 3 is 2.62 bits per heavy atom. The molecule has 0 aliphatic carbocycles. The Bertz CT molecular complexity index is 639. The van der Waals surface area contributed by atoms with Crippen molar-refractivity contribution in [2.75, 3.05) is 11.4 Å². The normalized spacial score (nSPS) is 16.2. The molecule has 21 heavy (non-hydrogen) atoms. The summed E-state index contributed by atoms with van der Waals surface area (Å²) in [6, 6.07) is 13.3. The van der Waals surface area contributed by atoms with Gasteiger partial charge in [0.1, 0.15) is 5.82 Å². The van der Waals surface area contributed by atoms with Crippen LogP contribution in [0.25, 0.3) is 0 Å². The number of rotatable bonds is 2. The number of nitrogens with zero attached hydrogens (tertiary/aromatic N) is 1. The SMILES string of the molecule is CC(O)c1c(F)cccc1N1CCCCc2ccccc21. The van der Waals surface area contributed by atoms with Gasteiger partial charge in [-0.15, -0.1) is 0 Å². The van der Waals surface area contributed by atoms with Gasteiger partial charge in [0, 0.05) is 23.5 Å². The lowest BCUT2D eigenvalue weighted by molar-refractivity contribution is 0.194. The highest BCUT2D eigenvalue weighted by Crippen LogP contribution is 2.37. The van der Waals surface area contributed by atoms with E-state index in [1.54, 1.807) is 13.0 Å². The second-order valence-electron chi connectivity index (χ2n) is 5.59. The van der Waals surface area contributed by atoms with Crippen molar-refractivity contribution in [1.29, 1.82) is 0 Å². The number of fused-ring (bicyclic) bond motifs is 1. The minimum atomic E-state index is -0.823. The van der Waals surface area contributed by atoms with Crippen LogP contribution in [0.1, 0.15) is 37.0 Å². The highest BCUT2D eigenvalue weighted by Gasteiger charge is 2.22. The van der Waals surface area contributed by atoms with Gasteiger partial charge in [-0.2, -0.15) is 0 Å². The Morgan fingerprint density at radius 1 is 1.05 bits per heavy atom. The van der Waals surface area contributed by atoms with Crippen molar-refractivity contribution in [1.82, 2.24) is 0 Å². The van der Waals surface area contributed by atoms with Crippen molar-refractivity contribution in [3.63, 3.8) is 0 Å². The topological polar surface area (TPSA) is 23.5 Å². The van der Waals surface area contributed by atoms with Crippen LogP contribution in [0, 0.1) is 5.82 Å². The quantitative estimate of drug-likeness (QED) is 0.886. The van der Waals surface area contributed by atoms with E-state index in [-0.39, 0.29) is 5.82 Å². The van der Waals surface area contributed by atoms with Gasteiger partial charge in [-0.25, -0.2) is 4.39 Å². The Balaban J connectivity index is 2.15. The van der Waals surface area contributed by atoms with Crippen molar-refractivity contribution < 1.29 is 9.50 Å². The molecule has 2 aromatic carbocycles. The second-order valence-corrected chi connectivity index (χ2v) is 5.59. The van der Waals surface area contributed by atoms with Crippen LogP contribution in [0.3, 0.4) is 0 Å². The average Bonchev–Trinajstić information content (AvgIpc) is 2.68. The van der Waals surface area contributed by atoms with Crippen LogP contribution in [-0.4, -0.2) is 11.7 Å². The molecule has 2 nitrogen and oxygen atoms in total. The number of aliphatic hydroxyl groups is 1. The Morgan fingerprint density at radius 2 is 1.81 bits per heavy atom. The largest absolute Gasteiger partial charge is 0.389 e. The van der Waals surface area contributed by atoms with Crippen molar-refractivity contribution in [2.24, 2.45) is 0 Å². The van der Waals surface area contributed by atoms with E-state index in [1.807, 2.05) is 18.2 Å². The van der Waals surface area contributed by atoms with Gasteiger partial charge in [-0.05, 0) is 49.9 Å². The van der Waals surface area contributed by atoms with Crippen LogP contribution >= 0.6 is 0 Å². The van der Waals surface area contributed by atoms with Crippen LogP contribution < -0.4 is 4.90 Å². The van der Waals surface area contributed by atoms with Crippen LogP contribution in [0.15, 0.2) is 42.5 Å². The van der Waals surface area contributed by atoms with Gasteiger partial charge in [0.25, 0.3) is 0 Å². The van der Waals surface area contributed by atoms with Gasteiger partial charge in [0.15, 0.2) is 0 Å². The van der Waals surface area contributed by atoms with Crippen LogP contribution in [0.2, 0.25) is 0 Å². The molecule has 0 radical (unpaired) electrons. The van der Waals surface area contributed by atoms with Gasteiger partial charge in [-0.3, -0.25) is 0 Å². The first kappa shape index (κ1) is 14.1. The molecule has 0 saturated heterocycles. The fourth-order valence-electron chi connectivity index (χ4n) is 3.12. The number of hydrogen-bond acceptors (Lipinski definition) is 2. The monoisotopic (exact) mass is 285 g/mol. The molecule has 3 rings (SSSR count). The summed E-state index contributed by atoms with van der Waals surface area (Å²) in [4.78, 5) is 2.15. The first-order chi connectivity index (χ1) is 10.2. The molecule has 0 amide bonds. The summed E-state index contributed by atoms with van der Waals surface area (Å²) in [5.41, 5.74) is 3.58. The lowest BCUT2D eigenvalue weighted by atomic mass is 10.0. The van der Waals surface area contributed by atoms with E-state index >= 15 is 0 Å². The Hall–Kier alpha value is -1.87. The molecule has 1 unspecified atom stereocenters. The van der Waals surface area contributed by atoms with Gasteiger partial charge in [0.2, 0.25) is 0 Å². The van der Waals surface area contributed by atoms with Gasteiger partial charge in [-0.1, -0.05) is 24.3 Å². The lowest BCUT2D eigenvalue weighted by Crippen LogP contribution is -2.20. The maximum atomic E-state index is 14.1. The average molecular weight is 285 g/mol. The van der Waals surface area contributed by atoms with Crippen LogP contribution in [-0.2, 0) is 6.42 Å². The third-order valence-electron chi connectivity index (χ3n) is 4.10. The molecule has 1 aliphatic rings. The fourth-order valence-corrected chi connectivity index (χ4v) is 3.12. The molecule has 0 fully saturated rings. The molecule has 1 atom stereocenters. The number of para-hydroxylation sites is 1. The van der Waals surface area contributed by atoms with E-state index in [0.717, 1.165) is 37.2 Å². The molecule has 1 heterocycles. The highest BCUT2D eigenvalue weighted by molar-refractivity contribution is 5.70. The minimum absolute atomic E-state index is 0.343. The molecular weight excluding hydrogens is 265 g/mol. The van der Waals surface area contributed by atoms with Crippen molar-refractivity contribution in [3.05, 3.63) is 59.4 Å².